The average Bonchev–Trinajstić information content (AvgIpc) is 2.85. The molecule has 3 rings (SSSR count). The summed E-state index contributed by atoms with van der Waals surface area (Å²) < 4.78 is 0. The molecule has 0 aromatic rings. The zero-order chi connectivity index (χ0) is 15.9. The van der Waals surface area contributed by atoms with Crippen LogP contribution in [0.25, 0.3) is 0 Å². The third kappa shape index (κ3) is 5.48. The molecule has 1 amide bonds. The summed E-state index contributed by atoms with van der Waals surface area (Å²) in [6.45, 7) is 3.81. The molecule has 2 aliphatic carbocycles. The van der Waals surface area contributed by atoms with Crippen molar-refractivity contribution in [2.75, 3.05) is 19.6 Å². The Morgan fingerprint density at radius 2 is 1.35 bits per heavy atom. The summed E-state index contributed by atoms with van der Waals surface area (Å²) in [4.78, 5) is 14.3. The summed E-state index contributed by atoms with van der Waals surface area (Å²) in [7, 11) is 0. The molecular weight excluding hydrogens is 284 g/mol. The van der Waals surface area contributed by atoms with Gasteiger partial charge in [-0.3, -0.25) is 4.79 Å². The quantitative estimate of drug-likeness (QED) is 0.767. The SMILES string of the molecule is O=C(NC1CCCCCC1)C1CC[NH+](CC2CCCCC2)CC1. The third-order valence-electron chi connectivity index (χ3n) is 6.57. The smallest absolute Gasteiger partial charge is 0.223 e. The van der Waals surface area contributed by atoms with Crippen LogP contribution in [0, 0.1) is 11.8 Å². The van der Waals surface area contributed by atoms with E-state index in [1.807, 2.05) is 0 Å². The minimum atomic E-state index is 0.299. The highest BCUT2D eigenvalue weighted by Gasteiger charge is 2.30. The van der Waals surface area contributed by atoms with Gasteiger partial charge in [-0.15, -0.1) is 0 Å². The second-order valence-electron chi connectivity index (χ2n) is 8.43. The van der Waals surface area contributed by atoms with Gasteiger partial charge in [0.2, 0.25) is 5.91 Å². The minimum absolute atomic E-state index is 0.299. The molecule has 0 bridgehead atoms. The summed E-state index contributed by atoms with van der Waals surface area (Å²) in [5.74, 6) is 1.64. The third-order valence-corrected chi connectivity index (χ3v) is 6.57. The molecule has 23 heavy (non-hydrogen) atoms. The van der Waals surface area contributed by atoms with Crippen LogP contribution in [0.4, 0.5) is 0 Å². The van der Waals surface area contributed by atoms with Gasteiger partial charge < -0.3 is 10.2 Å². The summed E-state index contributed by atoms with van der Waals surface area (Å²) in [6, 6.07) is 0.470. The van der Waals surface area contributed by atoms with E-state index in [9.17, 15) is 4.79 Å². The Bertz CT molecular complexity index is 349. The van der Waals surface area contributed by atoms with Gasteiger partial charge in [-0.1, -0.05) is 44.9 Å². The molecule has 1 heterocycles. The van der Waals surface area contributed by atoms with Gasteiger partial charge in [-0.2, -0.15) is 0 Å². The van der Waals surface area contributed by atoms with E-state index in [-0.39, 0.29) is 0 Å². The fraction of sp³-hybridized carbons (Fsp3) is 0.950. The van der Waals surface area contributed by atoms with Crippen LogP contribution in [-0.4, -0.2) is 31.6 Å². The first-order valence-corrected chi connectivity index (χ1v) is 10.4. The molecule has 3 heteroatoms. The molecule has 3 fully saturated rings. The first-order valence-electron chi connectivity index (χ1n) is 10.4. The molecule has 3 nitrogen and oxygen atoms in total. The maximum atomic E-state index is 12.6. The van der Waals surface area contributed by atoms with Crippen molar-refractivity contribution < 1.29 is 9.69 Å². The first kappa shape index (κ1) is 17.3. The van der Waals surface area contributed by atoms with E-state index in [2.05, 4.69) is 5.32 Å². The lowest BCUT2D eigenvalue weighted by Crippen LogP contribution is -3.13. The van der Waals surface area contributed by atoms with Gasteiger partial charge in [0.05, 0.1) is 19.6 Å². The summed E-state index contributed by atoms with van der Waals surface area (Å²) >= 11 is 0. The predicted molar refractivity (Wildman–Crippen MR) is 94.5 cm³/mol. The Hall–Kier alpha value is -0.570. The first-order chi connectivity index (χ1) is 11.3. The maximum Gasteiger partial charge on any atom is 0.223 e. The number of hydrogen-bond donors (Lipinski definition) is 2. The zero-order valence-electron chi connectivity index (χ0n) is 15.0. The topological polar surface area (TPSA) is 33.5 Å². The molecule has 1 aliphatic heterocycles. The molecule has 0 radical (unpaired) electrons. The van der Waals surface area contributed by atoms with Crippen LogP contribution in [0.2, 0.25) is 0 Å². The Morgan fingerprint density at radius 3 is 2.00 bits per heavy atom. The number of likely N-dealkylation sites (tertiary alicyclic amines) is 1. The van der Waals surface area contributed by atoms with E-state index in [1.165, 1.54) is 90.3 Å². The molecule has 0 aromatic carbocycles. The van der Waals surface area contributed by atoms with Crippen LogP contribution in [0.1, 0.15) is 83.5 Å². The molecule has 0 spiro atoms. The predicted octanol–water partition coefficient (Wildman–Crippen LogP) is 2.70. The number of piperidine rings is 1. The summed E-state index contributed by atoms with van der Waals surface area (Å²) in [5, 5.41) is 3.38. The van der Waals surface area contributed by atoms with Crippen molar-refractivity contribution in [2.45, 2.75) is 89.5 Å². The molecule has 0 aromatic heterocycles. The molecule has 3 aliphatic rings. The Balaban J connectivity index is 1.36. The van der Waals surface area contributed by atoms with Crippen LogP contribution in [0.15, 0.2) is 0 Å². The van der Waals surface area contributed by atoms with E-state index < -0.39 is 0 Å². The van der Waals surface area contributed by atoms with Gasteiger partial charge in [0.25, 0.3) is 0 Å². The lowest BCUT2D eigenvalue weighted by molar-refractivity contribution is -0.909. The van der Waals surface area contributed by atoms with Gasteiger partial charge >= 0.3 is 0 Å². The summed E-state index contributed by atoms with van der Waals surface area (Å²) in [6.07, 6.45) is 17.2. The fourth-order valence-corrected chi connectivity index (χ4v) is 5.03. The number of carbonyl (C=O) groups is 1. The van der Waals surface area contributed by atoms with Crippen molar-refractivity contribution >= 4 is 5.91 Å². The highest BCUT2D eigenvalue weighted by molar-refractivity contribution is 5.79. The van der Waals surface area contributed by atoms with Crippen molar-refractivity contribution in [3.8, 4) is 0 Å². The van der Waals surface area contributed by atoms with Crippen molar-refractivity contribution in [3.63, 3.8) is 0 Å². The molecule has 0 atom stereocenters. The Kier molecular flexibility index (Phi) is 6.79. The van der Waals surface area contributed by atoms with Gasteiger partial charge in [0, 0.05) is 30.7 Å². The number of carbonyl (C=O) groups excluding carboxylic acids is 1. The minimum Gasteiger partial charge on any atom is -0.353 e. The number of nitrogens with one attached hydrogen (secondary N) is 2. The molecule has 132 valence electrons. The maximum absolute atomic E-state index is 12.6. The standard InChI is InChI=1S/C20H36N2O/c23-20(21-19-10-6-1-2-7-11-19)18-12-14-22(15-13-18)16-17-8-4-3-5-9-17/h17-19H,1-16H2,(H,21,23)/p+1. The van der Waals surface area contributed by atoms with E-state index in [1.54, 1.807) is 4.90 Å². The number of quaternary nitrogens is 1. The van der Waals surface area contributed by atoms with Crippen LogP contribution in [-0.2, 0) is 4.79 Å². The number of hydrogen-bond acceptors (Lipinski definition) is 1. The normalized spacial score (nSPS) is 31.5. The van der Waals surface area contributed by atoms with Crippen molar-refractivity contribution in [3.05, 3.63) is 0 Å². The second-order valence-corrected chi connectivity index (χ2v) is 8.43. The summed E-state index contributed by atoms with van der Waals surface area (Å²) in [5.41, 5.74) is 0. The average molecular weight is 322 g/mol. The lowest BCUT2D eigenvalue weighted by Gasteiger charge is -2.32. The van der Waals surface area contributed by atoms with Gasteiger partial charge in [-0.25, -0.2) is 0 Å². The van der Waals surface area contributed by atoms with Crippen molar-refractivity contribution in [2.24, 2.45) is 11.8 Å². The molecule has 2 N–H and O–H groups in total. The molecular formula is C20H37N2O+. The zero-order valence-corrected chi connectivity index (χ0v) is 15.0. The monoisotopic (exact) mass is 321 g/mol. The van der Waals surface area contributed by atoms with E-state index in [4.69, 9.17) is 0 Å². The van der Waals surface area contributed by atoms with Crippen LogP contribution in [0.5, 0.6) is 0 Å². The highest BCUT2D eigenvalue weighted by atomic mass is 16.1. The van der Waals surface area contributed by atoms with Crippen LogP contribution in [0.3, 0.4) is 0 Å². The Morgan fingerprint density at radius 1 is 0.783 bits per heavy atom. The largest absolute Gasteiger partial charge is 0.353 e. The Labute approximate surface area is 142 Å². The van der Waals surface area contributed by atoms with E-state index in [0.717, 1.165) is 18.8 Å². The number of amides is 1. The second kappa shape index (κ2) is 9.05. The van der Waals surface area contributed by atoms with Crippen molar-refractivity contribution in [1.29, 1.82) is 0 Å². The molecule has 2 saturated carbocycles. The van der Waals surface area contributed by atoms with Gasteiger partial charge in [0.1, 0.15) is 0 Å². The molecule has 1 saturated heterocycles. The van der Waals surface area contributed by atoms with Crippen molar-refractivity contribution in [1.82, 2.24) is 5.32 Å². The van der Waals surface area contributed by atoms with E-state index in [0.29, 0.717) is 17.9 Å². The van der Waals surface area contributed by atoms with Crippen LogP contribution < -0.4 is 10.2 Å². The highest BCUT2D eigenvalue weighted by Crippen LogP contribution is 2.23. The van der Waals surface area contributed by atoms with Gasteiger partial charge in [-0.05, 0) is 25.7 Å². The fourth-order valence-electron chi connectivity index (χ4n) is 5.03. The van der Waals surface area contributed by atoms with Crippen LogP contribution >= 0.6 is 0 Å². The van der Waals surface area contributed by atoms with Gasteiger partial charge in [0.15, 0.2) is 0 Å². The van der Waals surface area contributed by atoms with E-state index >= 15 is 0 Å². The number of rotatable bonds is 4. The molecule has 0 unspecified atom stereocenters. The lowest BCUT2D eigenvalue weighted by atomic mass is 9.87.